The third-order valence-corrected chi connectivity index (χ3v) is 2.71. The van der Waals surface area contributed by atoms with Crippen LogP contribution < -0.4 is 15.8 Å². The van der Waals surface area contributed by atoms with Gasteiger partial charge in [0.1, 0.15) is 17.3 Å². The van der Waals surface area contributed by atoms with Gasteiger partial charge in [-0.3, -0.25) is 4.79 Å². The second kappa shape index (κ2) is 5.48. The Morgan fingerprint density at radius 2 is 2.05 bits per heavy atom. The number of carbonyl (C=O) groups excluding carboxylic acids is 1. The number of halogens is 1. The predicted octanol–water partition coefficient (Wildman–Crippen LogP) is 2.37. The maximum absolute atomic E-state index is 13.6. The monoisotopic (exact) mass is 276 g/mol. The van der Waals surface area contributed by atoms with E-state index < -0.39 is 11.7 Å². The third kappa shape index (κ3) is 2.80. The second-order valence-electron chi connectivity index (χ2n) is 4.07. The van der Waals surface area contributed by atoms with Crippen molar-refractivity contribution in [1.29, 1.82) is 0 Å². The summed E-state index contributed by atoms with van der Waals surface area (Å²) in [6, 6.07) is 8.03. The molecule has 0 saturated carbocycles. The lowest BCUT2D eigenvalue weighted by Crippen LogP contribution is -2.14. The van der Waals surface area contributed by atoms with E-state index in [1.165, 1.54) is 25.3 Å². The molecular formula is C14H13FN2O3. The molecule has 0 aliphatic rings. The van der Waals surface area contributed by atoms with Crippen molar-refractivity contribution in [2.45, 2.75) is 0 Å². The van der Waals surface area contributed by atoms with Crippen LogP contribution in [0.4, 0.5) is 15.8 Å². The predicted molar refractivity (Wildman–Crippen MR) is 73.4 cm³/mol. The normalized spacial score (nSPS) is 10.1. The van der Waals surface area contributed by atoms with Gasteiger partial charge in [0.15, 0.2) is 0 Å². The molecule has 2 aromatic carbocycles. The first kappa shape index (κ1) is 13.7. The number of hydrogen-bond donors (Lipinski definition) is 3. The molecule has 6 heteroatoms. The average molecular weight is 276 g/mol. The standard InChI is InChI=1S/C14H13FN2O3/c1-20-9-3-5-12(16)13(7-9)17-14(19)10-4-2-8(18)6-11(10)15/h2-7,18H,16H2,1H3,(H,17,19). The number of methoxy groups -OCH3 is 1. The number of nitrogens with two attached hydrogens (primary N) is 1. The van der Waals surface area contributed by atoms with Crippen LogP contribution in [0.5, 0.6) is 11.5 Å². The van der Waals surface area contributed by atoms with Crippen LogP contribution >= 0.6 is 0 Å². The van der Waals surface area contributed by atoms with E-state index >= 15 is 0 Å². The van der Waals surface area contributed by atoms with Gasteiger partial charge in [-0.15, -0.1) is 0 Å². The van der Waals surface area contributed by atoms with E-state index in [1.807, 2.05) is 0 Å². The molecule has 0 fully saturated rings. The summed E-state index contributed by atoms with van der Waals surface area (Å²) in [5.41, 5.74) is 6.19. The lowest BCUT2D eigenvalue weighted by atomic mass is 10.1. The lowest BCUT2D eigenvalue weighted by molar-refractivity contribution is 0.102. The van der Waals surface area contributed by atoms with Crippen LogP contribution in [0.3, 0.4) is 0 Å². The molecule has 0 aliphatic heterocycles. The third-order valence-electron chi connectivity index (χ3n) is 2.71. The fraction of sp³-hybridized carbons (Fsp3) is 0.0714. The summed E-state index contributed by atoms with van der Waals surface area (Å²) in [5.74, 6) is -1.22. The van der Waals surface area contributed by atoms with E-state index in [0.29, 0.717) is 17.1 Å². The highest BCUT2D eigenvalue weighted by Crippen LogP contribution is 2.25. The number of aromatic hydroxyl groups is 1. The van der Waals surface area contributed by atoms with Gasteiger partial charge in [-0.05, 0) is 24.3 Å². The van der Waals surface area contributed by atoms with Crippen LogP contribution in [-0.4, -0.2) is 18.1 Å². The SMILES string of the molecule is COc1ccc(N)c(NC(=O)c2ccc(O)cc2F)c1. The van der Waals surface area contributed by atoms with Gasteiger partial charge in [0.05, 0.1) is 24.0 Å². The number of carbonyl (C=O) groups is 1. The van der Waals surface area contributed by atoms with Crippen LogP contribution in [0.15, 0.2) is 36.4 Å². The molecule has 2 aromatic rings. The zero-order valence-corrected chi connectivity index (χ0v) is 10.7. The van der Waals surface area contributed by atoms with Gasteiger partial charge in [0, 0.05) is 12.1 Å². The van der Waals surface area contributed by atoms with Crippen molar-refractivity contribution in [3.8, 4) is 11.5 Å². The highest BCUT2D eigenvalue weighted by atomic mass is 19.1. The highest BCUT2D eigenvalue weighted by Gasteiger charge is 2.14. The van der Waals surface area contributed by atoms with Gasteiger partial charge in [-0.2, -0.15) is 0 Å². The fourth-order valence-corrected chi connectivity index (χ4v) is 1.65. The van der Waals surface area contributed by atoms with E-state index in [2.05, 4.69) is 5.32 Å². The summed E-state index contributed by atoms with van der Waals surface area (Å²) >= 11 is 0. The minimum atomic E-state index is -0.816. The quantitative estimate of drug-likeness (QED) is 0.751. The largest absolute Gasteiger partial charge is 0.508 e. The summed E-state index contributed by atoms with van der Waals surface area (Å²) in [6.45, 7) is 0. The Morgan fingerprint density at radius 3 is 2.70 bits per heavy atom. The lowest BCUT2D eigenvalue weighted by Gasteiger charge is -2.10. The maximum Gasteiger partial charge on any atom is 0.258 e. The first-order valence-electron chi connectivity index (χ1n) is 5.74. The second-order valence-corrected chi connectivity index (χ2v) is 4.07. The highest BCUT2D eigenvalue weighted by molar-refractivity contribution is 6.06. The molecule has 0 atom stereocenters. The van der Waals surface area contributed by atoms with Gasteiger partial charge in [-0.25, -0.2) is 4.39 Å². The van der Waals surface area contributed by atoms with Crippen molar-refractivity contribution in [1.82, 2.24) is 0 Å². The van der Waals surface area contributed by atoms with Gasteiger partial charge in [0.25, 0.3) is 5.91 Å². The van der Waals surface area contributed by atoms with E-state index in [-0.39, 0.29) is 11.3 Å². The number of nitrogens with one attached hydrogen (secondary N) is 1. The van der Waals surface area contributed by atoms with Crippen molar-refractivity contribution in [3.05, 3.63) is 47.8 Å². The number of benzene rings is 2. The van der Waals surface area contributed by atoms with Crippen molar-refractivity contribution >= 4 is 17.3 Å². The molecule has 4 N–H and O–H groups in total. The summed E-state index contributed by atoms with van der Waals surface area (Å²) in [7, 11) is 1.48. The average Bonchev–Trinajstić information content (AvgIpc) is 2.41. The van der Waals surface area contributed by atoms with Crippen LogP contribution in [0.25, 0.3) is 0 Å². The minimum Gasteiger partial charge on any atom is -0.508 e. The molecule has 0 unspecified atom stereocenters. The molecule has 0 heterocycles. The Bertz CT molecular complexity index is 659. The zero-order valence-electron chi connectivity index (χ0n) is 10.7. The number of ether oxygens (including phenoxy) is 1. The van der Waals surface area contributed by atoms with Crippen LogP contribution in [0, 0.1) is 5.82 Å². The fourth-order valence-electron chi connectivity index (χ4n) is 1.65. The molecule has 0 aromatic heterocycles. The van der Waals surface area contributed by atoms with E-state index in [4.69, 9.17) is 15.6 Å². The Morgan fingerprint density at radius 1 is 1.30 bits per heavy atom. The Balaban J connectivity index is 2.27. The van der Waals surface area contributed by atoms with Crippen molar-refractivity contribution in [2.75, 3.05) is 18.2 Å². The topological polar surface area (TPSA) is 84.6 Å². The number of amides is 1. The minimum absolute atomic E-state index is 0.190. The first-order chi connectivity index (χ1) is 9.51. The number of rotatable bonds is 3. The molecule has 2 rings (SSSR count). The summed E-state index contributed by atoms with van der Waals surface area (Å²) in [6.07, 6.45) is 0. The zero-order chi connectivity index (χ0) is 14.7. The molecule has 0 spiro atoms. The number of hydrogen-bond acceptors (Lipinski definition) is 4. The first-order valence-corrected chi connectivity index (χ1v) is 5.74. The summed E-state index contributed by atoms with van der Waals surface area (Å²) in [5, 5.41) is 11.6. The Hall–Kier alpha value is -2.76. The Labute approximate surface area is 114 Å². The van der Waals surface area contributed by atoms with Gasteiger partial charge in [-0.1, -0.05) is 0 Å². The smallest absolute Gasteiger partial charge is 0.258 e. The summed E-state index contributed by atoms with van der Waals surface area (Å²) < 4.78 is 18.6. The molecule has 104 valence electrons. The van der Waals surface area contributed by atoms with Gasteiger partial charge >= 0.3 is 0 Å². The van der Waals surface area contributed by atoms with Crippen molar-refractivity contribution < 1.29 is 19.0 Å². The van der Waals surface area contributed by atoms with E-state index in [9.17, 15) is 9.18 Å². The molecule has 0 bridgehead atoms. The Kier molecular flexibility index (Phi) is 3.74. The molecule has 0 aliphatic carbocycles. The van der Waals surface area contributed by atoms with Crippen LogP contribution in [0.1, 0.15) is 10.4 Å². The summed E-state index contributed by atoms with van der Waals surface area (Å²) in [4.78, 5) is 12.0. The number of anilines is 2. The molecular weight excluding hydrogens is 263 g/mol. The van der Waals surface area contributed by atoms with Crippen LogP contribution in [-0.2, 0) is 0 Å². The number of phenols is 1. The van der Waals surface area contributed by atoms with Gasteiger partial charge < -0.3 is 20.9 Å². The van der Waals surface area contributed by atoms with E-state index in [0.717, 1.165) is 6.07 Å². The van der Waals surface area contributed by atoms with Gasteiger partial charge in [0.2, 0.25) is 0 Å². The molecule has 0 saturated heterocycles. The van der Waals surface area contributed by atoms with Crippen molar-refractivity contribution in [3.63, 3.8) is 0 Å². The number of nitrogen functional groups attached to an aromatic ring is 1. The molecule has 20 heavy (non-hydrogen) atoms. The molecule has 1 amide bonds. The molecule has 0 radical (unpaired) electrons. The molecule has 5 nitrogen and oxygen atoms in total. The number of phenolic OH excluding ortho intramolecular Hbond substituents is 1. The van der Waals surface area contributed by atoms with Crippen molar-refractivity contribution in [2.24, 2.45) is 0 Å². The van der Waals surface area contributed by atoms with E-state index in [1.54, 1.807) is 12.1 Å². The van der Waals surface area contributed by atoms with Crippen LogP contribution in [0.2, 0.25) is 0 Å². The maximum atomic E-state index is 13.6.